The van der Waals surface area contributed by atoms with E-state index in [2.05, 4.69) is 15.9 Å². The smallest absolute Gasteiger partial charge is 0.0762 e. The summed E-state index contributed by atoms with van der Waals surface area (Å²) < 4.78 is 1.01. The topological polar surface area (TPSA) is 20.2 Å². The van der Waals surface area contributed by atoms with Crippen molar-refractivity contribution in [1.82, 2.24) is 0 Å². The Balaban J connectivity index is 2.96. The maximum atomic E-state index is 9.13. The number of hydrogen-bond donors (Lipinski definition) is 1. The van der Waals surface area contributed by atoms with Crippen molar-refractivity contribution in [3.8, 4) is 0 Å². The molecular weight excluding hydrogens is 192 g/mol. The lowest BCUT2D eigenvalue weighted by Crippen LogP contribution is -1.88. The molecule has 1 N–H and O–H groups in total. The van der Waals surface area contributed by atoms with E-state index in [4.69, 9.17) is 5.11 Å². The van der Waals surface area contributed by atoms with Gasteiger partial charge >= 0.3 is 0 Å². The summed E-state index contributed by atoms with van der Waals surface area (Å²) in [5.41, 5.74) is 0.939. The molecule has 54 valence electrons. The van der Waals surface area contributed by atoms with E-state index >= 15 is 0 Å². The quantitative estimate of drug-likeness (QED) is 0.739. The van der Waals surface area contributed by atoms with E-state index < -0.39 is 0 Å². The first-order valence-corrected chi connectivity index (χ1v) is 3.93. The second kappa shape index (κ2) is 3.17. The van der Waals surface area contributed by atoms with Crippen molar-refractivity contribution in [1.29, 1.82) is 0 Å². The van der Waals surface area contributed by atoms with Crippen LogP contribution in [0.15, 0.2) is 28.7 Å². The summed E-state index contributed by atoms with van der Waals surface area (Å²) in [6, 6.07) is 7.65. The van der Waals surface area contributed by atoms with Crippen LogP contribution >= 0.6 is 15.9 Å². The molecule has 10 heavy (non-hydrogen) atoms. The number of rotatable bonds is 1. The van der Waals surface area contributed by atoms with Crippen LogP contribution in [-0.4, -0.2) is 5.11 Å². The molecule has 1 aromatic carbocycles. The summed E-state index contributed by atoms with van der Waals surface area (Å²) in [5, 5.41) is 9.13. The lowest BCUT2D eigenvalue weighted by Gasteiger charge is -2.02. The van der Waals surface area contributed by atoms with Crippen molar-refractivity contribution in [3.05, 3.63) is 34.3 Å². The molecule has 0 fully saturated rings. The highest BCUT2D eigenvalue weighted by Gasteiger charge is 1.98. The minimum absolute atomic E-state index is 0.377. The van der Waals surface area contributed by atoms with Gasteiger partial charge < -0.3 is 5.11 Å². The molecule has 1 aromatic rings. The molecule has 0 radical (unpaired) electrons. The van der Waals surface area contributed by atoms with Gasteiger partial charge in [-0.25, -0.2) is 0 Å². The Kier molecular flexibility index (Phi) is 2.46. The van der Waals surface area contributed by atoms with E-state index in [0.29, 0.717) is 0 Å². The summed E-state index contributed by atoms with van der Waals surface area (Å²) in [5.74, 6) is 0. The van der Waals surface area contributed by atoms with Crippen LogP contribution in [0.5, 0.6) is 0 Å². The molecule has 0 aliphatic carbocycles. The van der Waals surface area contributed by atoms with Crippen molar-refractivity contribution in [2.45, 2.75) is 13.0 Å². The molecule has 0 heterocycles. The molecule has 2 heteroatoms. The van der Waals surface area contributed by atoms with Gasteiger partial charge in [-0.3, -0.25) is 0 Å². The van der Waals surface area contributed by atoms with Crippen molar-refractivity contribution < 1.29 is 5.11 Å². The molecule has 0 aliphatic heterocycles. The maximum absolute atomic E-state index is 9.13. The first kappa shape index (κ1) is 7.76. The van der Waals surface area contributed by atoms with Gasteiger partial charge in [-0.15, -0.1) is 0 Å². The van der Waals surface area contributed by atoms with E-state index in [1.807, 2.05) is 24.3 Å². The Labute approximate surface area is 68.8 Å². The zero-order chi connectivity index (χ0) is 7.56. The number of hydrogen-bond acceptors (Lipinski definition) is 1. The molecule has 0 saturated heterocycles. The number of halogens is 1. The lowest BCUT2D eigenvalue weighted by molar-refractivity contribution is 0.199. The van der Waals surface area contributed by atoms with Crippen molar-refractivity contribution in [2.24, 2.45) is 0 Å². The first-order chi connectivity index (χ1) is 4.70. The Hall–Kier alpha value is -0.340. The van der Waals surface area contributed by atoms with Gasteiger partial charge in [0.2, 0.25) is 0 Å². The van der Waals surface area contributed by atoms with Crippen LogP contribution in [0, 0.1) is 0 Å². The third kappa shape index (κ3) is 1.82. The van der Waals surface area contributed by atoms with E-state index in [1.165, 1.54) is 0 Å². The third-order valence-electron chi connectivity index (χ3n) is 1.33. The molecule has 0 spiro atoms. The van der Waals surface area contributed by atoms with Gasteiger partial charge in [0.05, 0.1) is 6.10 Å². The number of benzene rings is 1. The fraction of sp³-hybridized carbons (Fsp3) is 0.250. The Morgan fingerprint density at radius 1 is 1.50 bits per heavy atom. The summed E-state index contributed by atoms with van der Waals surface area (Å²) >= 11 is 3.32. The average Bonchev–Trinajstić information content (AvgIpc) is 1.88. The van der Waals surface area contributed by atoms with E-state index in [9.17, 15) is 0 Å². The van der Waals surface area contributed by atoms with Crippen LogP contribution < -0.4 is 0 Å². The van der Waals surface area contributed by atoms with Crippen LogP contribution in [0.25, 0.3) is 0 Å². The van der Waals surface area contributed by atoms with Crippen molar-refractivity contribution in [2.75, 3.05) is 0 Å². The van der Waals surface area contributed by atoms with Crippen LogP contribution in [-0.2, 0) is 0 Å². The minimum atomic E-state index is -0.377. The Bertz CT molecular complexity index is 220. The molecule has 0 unspecified atom stereocenters. The normalized spacial score (nSPS) is 13.1. The summed E-state index contributed by atoms with van der Waals surface area (Å²) in [6.45, 7) is 1.75. The lowest BCUT2D eigenvalue weighted by atomic mass is 10.1. The predicted octanol–water partition coefficient (Wildman–Crippen LogP) is 2.50. The van der Waals surface area contributed by atoms with Crippen LogP contribution in [0.1, 0.15) is 18.6 Å². The van der Waals surface area contributed by atoms with Crippen molar-refractivity contribution in [3.63, 3.8) is 0 Å². The molecule has 1 atom stereocenters. The van der Waals surface area contributed by atoms with E-state index in [1.54, 1.807) is 6.92 Å². The fourth-order valence-corrected chi connectivity index (χ4v) is 1.18. The number of aliphatic hydroxyl groups excluding tert-OH is 1. The molecule has 0 amide bonds. The van der Waals surface area contributed by atoms with Gasteiger partial charge in [0, 0.05) is 4.47 Å². The highest BCUT2D eigenvalue weighted by atomic mass is 79.9. The van der Waals surface area contributed by atoms with Crippen LogP contribution in [0.3, 0.4) is 0 Å². The Morgan fingerprint density at radius 3 is 2.60 bits per heavy atom. The maximum Gasteiger partial charge on any atom is 0.0762 e. The second-order valence-corrected chi connectivity index (χ2v) is 3.15. The third-order valence-corrected chi connectivity index (χ3v) is 1.82. The summed E-state index contributed by atoms with van der Waals surface area (Å²) in [6.07, 6.45) is -0.377. The predicted molar refractivity (Wildman–Crippen MR) is 44.8 cm³/mol. The second-order valence-electron chi connectivity index (χ2n) is 2.23. The zero-order valence-corrected chi connectivity index (χ0v) is 7.30. The largest absolute Gasteiger partial charge is 0.389 e. The van der Waals surface area contributed by atoms with Gasteiger partial charge in [0.1, 0.15) is 0 Å². The first-order valence-electron chi connectivity index (χ1n) is 3.13. The highest BCUT2D eigenvalue weighted by Crippen LogP contribution is 2.16. The molecule has 0 saturated carbocycles. The molecule has 0 aromatic heterocycles. The van der Waals surface area contributed by atoms with E-state index in [-0.39, 0.29) is 6.10 Å². The summed E-state index contributed by atoms with van der Waals surface area (Å²) in [4.78, 5) is 0. The monoisotopic (exact) mass is 200 g/mol. The van der Waals surface area contributed by atoms with Gasteiger partial charge in [0.15, 0.2) is 0 Å². The fourth-order valence-electron chi connectivity index (χ4n) is 0.766. The van der Waals surface area contributed by atoms with Crippen molar-refractivity contribution >= 4 is 15.9 Å². The van der Waals surface area contributed by atoms with E-state index in [0.717, 1.165) is 10.0 Å². The van der Waals surface area contributed by atoms with Crippen LogP contribution in [0.2, 0.25) is 0 Å². The van der Waals surface area contributed by atoms with Crippen LogP contribution in [0.4, 0.5) is 0 Å². The summed E-state index contributed by atoms with van der Waals surface area (Å²) in [7, 11) is 0. The molecular formula is C8H9BrO. The van der Waals surface area contributed by atoms with Gasteiger partial charge in [0.25, 0.3) is 0 Å². The molecule has 0 aliphatic rings. The van der Waals surface area contributed by atoms with Gasteiger partial charge in [-0.05, 0) is 24.6 Å². The minimum Gasteiger partial charge on any atom is -0.389 e. The van der Waals surface area contributed by atoms with Gasteiger partial charge in [-0.1, -0.05) is 28.1 Å². The Morgan fingerprint density at radius 2 is 2.20 bits per heavy atom. The highest BCUT2D eigenvalue weighted by molar-refractivity contribution is 9.10. The van der Waals surface area contributed by atoms with Gasteiger partial charge in [-0.2, -0.15) is 0 Å². The number of aliphatic hydroxyl groups is 1. The molecule has 1 nitrogen and oxygen atoms in total. The standard InChI is InChI=1S/C8H9BrO/c1-6(10)7-3-2-4-8(9)5-7/h2-6,10H,1H3/t6-/m1/s1. The molecule has 1 rings (SSSR count). The molecule has 0 bridgehead atoms. The SMILES string of the molecule is C[C@@H](O)c1cccc(Br)c1. The zero-order valence-electron chi connectivity index (χ0n) is 5.71. The average molecular weight is 201 g/mol.